The van der Waals surface area contributed by atoms with E-state index in [1.165, 1.54) is 0 Å². The summed E-state index contributed by atoms with van der Waals surface area (Å²) in [5.41, 5.74) is 0. The molecule has 1 heterocycles. The molecule has 3 N–H and O–H groups in total. The van der Waals surface area contributed by atoms with Crippen LogP contribution < -0.4 is 10.6 Å². The number of hydrogen-bond donors (Lipinski definition) is 3. The summed E-state index contributed by atoms with van der Waals surface area (Å²) >= 11 is 0. The van der Waals surface area contributed by atoms with Crippen LogP contribution in [0.4, 0.5) is 0 Å². The molecule has 2 aliphatic rings. The Hall–Kier alpha value is -1.10. The normalized spacial score (nSPS) is 35.6. The van der Waals surface area contributed by atoms with E-state index in [4.69, 9.17) is 5.11 Å². The maximum atomic E-state index is 12.2. The van der Waals surface area contributed by atoms with Crippen LogP contribution in [0, 0.1) is 11.8 Å². The lowest BCUT2D eigenvalue weighted by molar-refractivity contribution is -0.143. The average molecular weight is 268 g/mol. The number of carboxylic acids is 1. The molecule has 0 bridgehead atoms. The van der Waals surface area contributed by atoms with E-state index in [2.05, 4.69) is 17.6 Å². The maximum Gasteiger partial charge on any atom is 0.306 e. The number of rotatable bonds is 3. The number of amides is 1. The molecular formula is C14H24N2O3. The van der Waals surface area contributed by atoms with Gasteiger partial charge in [-0.1, -0.05) is 13.3 Å². The minimum absolute atomic E-state index is 0.0291. The van der Waals surface area contributed by atoms with Crippen LogP contribution in [-0.2, 0) is 9.59 Å². The van der Waals surface area contributed by atoms with E-state index in [1.807, 2.05) is 0 Å². The lowest BCUT2D eigenvalue weighted by atomic mass is 9.85. The van der Waals surface area contributed by atoms with Crippen molar-refractivity contribution in [1.82, 2.24) is 10.6 Å². The summed E-state index contributed by atoms with van der Waals surface area (Å²) in [4.78, 5) is 23.2. The third-order valence-electron chi connectivity index (χ3n) is 4.35. The third kappa shape index (κ3) is 3.93. The predicted molar refractivity (Wildman–Crippen MR) is 71.7 cm³/mol. The van der Waals surface area contributed by atoms with E-state index in [1.54, 1.807) is 0 Å². The second-order valence-corrected chi connectivity index (χ2v) is 6.04. The first kappa shape index (κ1) is 14.3. The van der Waals surface area contributed by atoms with E-state index < -0.39 is 5.97 Å². The maximum absolute atomic E-state index is 12.2. The molecule has 108 valence electrons. The summed E-state index contributed by atoms with van der Waals surface area (Å²) in [5, 5.41) is 15.3. The highest BCUT2D eigenvalue weighted by molar-refractivity contribution is 5.82. The van der Waals surface area contributed by atoms with Crippen LogP contribution in [-0.4, -0.2) is 35.6 Å². The summed E-state index contributed by atoms with van der Waals surface area (Å²) in [6.07, 6.45) is 5.09. The van der Waals surface area contributed by atoms with E-state index in [0.717, 1.165) is 38.6 Å². The molecule has 0 spiro atoms. The first-order valence-electron chi connectivity index (χ1n) is 7.33. The van der Waals surface area contributed by atoms with Crippen LogP contribution in [0.5, 0.6) is 0 Å². The van der Waals surface area contributed by atoms with Gasteiger partial charge in [-0.05, 0) is 44.6 Å². The number of carbonyl (C=O) groups excluding carboxylic acids is 1. The Morgan fingerprint density at radius 2 is 2.00 bits per heavy atom. The average Bonchev–Trinajstić information content (AvgIpc) is 2.39. The molecule has 0 aromatic carbocycles. The fraction of sp³-hybridized carbons (Fsp3) is 0.857. The highest BCUT2D eigenvalue weighted by Gasteiger charge is 2.30. The Kier molecular flexibility index (Phi) is 4.80. The number of nitrogens with one attached hydrogen (secondary N) is 2. The van der Waals surface area contributed by atoms with Gasteiger partial charge in [-0.25, -0.2) is 0 Å². The quantitative estimate of drug-likeness (QED) is 0.717. The standard InChI is InChI=1S/C14H24N2O3/c1-9-5-6-15-12(7-9)13(17)16-11-4-2-3-10(8-11)14(18)19/h9-12,15H,2-8H2,1H3,(H,16,17)(H,18,19). The first-order valence-corrected chi connectivity index (χ1v) is 7.33. The monoisotopic (exact) mass is 268 g/mol. The fourth-order valence-electron chi connectivity index (χ4n) is 3.15. The van der Waals surface area contributed by atoms with Crippen LogP contribution in [0.1, 0.15) is 45.4 Å². The van der Waals surface area contributed by atoms with Gasteiger partial charge in [0.25, 0.3) is 0 Å². The number of carbonyl (C=O) groups is 2. The summed E-state index contributed by atoms with van der Waals surface area (Å²) < 4.78 is 0. The Labute approximate surface area is 114 Å². The first-order chi connectivity index (χ1) is 9.06. The Morgan fingerprint density at radius 1 is 1.21 bits per heavy atom. The molecule has 0 aromatic heterocycles. The highest BCUT2D eigenvalue weighted by atomic mass is 16.4. The van der Waals surface area contributed by atoms with Crippen molar-refractivity contribution in [3.63, 3.8) is 0 Å². The van der Waals surface area contributed by atoms with Gasteiger partial charge in [-0.2, -0.15) is 0 Å². The fourth-order valence-corrected chi connectivity index (χ4v) is 3.15. The van der Waals surface area contributed by atoms with Gasteiger partial charge < -0.3 is 15.7 Å². The second kappa shape index (κ2) is 6.37. The van der Waals surface area contributed by atoms with Crippen molar-refractivity contribution in [1.29, 1.82) is 0 Å². The lowest BCUT2D eigenvalue weighted by Crippen LogP contribution is -2.51. The molecule has 4 unspecified atom stereocenters. The smallest absolute Gasteiger partial charge is 0.306 e. The molecule has 1 amide bonds. The van der Waals surface area contributed by atoms with Crippen molar-refractivity contribution in [2.75, 3.05) is 6.54 Å². The van der Waals surface area contributed by atoms with Gasteiger partial charge in [0, 0.05) is 6.04 Å². The van der Waals surface area contributed by atoms with Crippen molar-refractivity contribution in [2.24, 2.45) is 11.8 Å². The molecule has 1 saturated heterocycles. The van der Waals surface area contributed by atoms with E-state index in [-0.39, 0.29) is 23.9 Å². The van der Waals surface area contributed by atoms with E-state index in [9.17, 15) is 9.59 Å². The van der Waals surface area contributed by atoms with Gasteiger partial charge in [-0.3, -0.25) is 9.59 Å². The molecule has 1 aliphatic heterocycles. The van der Waals surface area contributed by atoms with Crippen LogP contribution in [0.3, 0.4) is 0 Å². The summed E-state index contributed by atoms with van der Waals surface area (Å²) in [6, 6.07) is -0.0738. The van der Waals surface area contributed by atoms with Crippen LogP contribution >= 0.6 is 0 Å². The van der Waals surface area contributed by atoms with Gasteiger partial charge in [0.2, 0.25) is 5.91 Å². The van der Waals surface area contributed by atoms with Gasteiger partial charge in [0.05, 0.1) is 12.0 Å². The molecule has 1 aliphatic carbocycles. The predicted octanol–water partition coefficient (Wildman–Crippen LogP) is 1.13. The van der Waals surface area contributed by atoms with Crippen LogP contribution in [0.25, 0.3) is 0 Å². The van der Waals surface area contributed by atoms with Gasteiger partial charge in [0.15, 0.2) is 0 Å². The molecule has 0 aromatic rings. The van der Waals surface area contributed by atoms with Crippen molar-refractivity contribution in [3.8, 4) is 0 Å². The van der Waals surface area contributed by atoms with Crippen molar-refractivity contribution >= 4 is 11.9 Å². The molecular weight excluding hydrogens is 244 g/mol. The molecule has 4 atom stereocenters. The van der Waals surface area contributed by atoms with Gasteiger partial charge in [0.1, 0.15) is 0 Å². The molecule has 2 rings (SSSR count). The van der Waals surface area contributed by atoms with Crippen LogP contribution in [0.15, 0.2) is 0 Å². The van der Waals surface area contributed by atoms with Crippen LogP contribution in [0.2, 0.25) is 0 Å². The Balaban J connectivity index is 1.82. The number of piperidine rings is 1. The van der Waals surface area contributed by atoms with Gasteiger partial charge in [-0.15, -0.1) is 0 Å². The van der Waals surface area contributed by atoms with Gasteiger partial charge >= 0.3 is 5.97 Å². The number of aliphatic carboxylic acids is 1. The zero-order valence-corrected chi connectivity index (χ0v) is 11.5. The summed E-state index contributed by atoms with van der Waals surface area (Å²) in [7, 11) is 0. The zero-order chi connectivity index (χ0) is 13.8. The van der Waals surface area contributed by atoms with Crippen molar-refractivity contribution in [3.05, 3.63) is 0 Å². The number of hydrogen-bond acceptors (Lipinski definition) is 3. The highest BCUT2D eigenvalue weighted by Crippen LogP contribution is 2.25. The summed E-state index contributed by atoms with van der Waals surface area (Å²) in [6.45, 7) is 3.06. The van der Waals surface area contributed by atoms with E-state index in [0.29, 0.717) is 12.3 Å². The van der Waals surface area contributed by atoms with E-state index >= 15 is 0 Å². The summed E-state index contributed by atoms with van der Waals surface area (Å²) in [5.74, 6) is -0.404. The zero-order valence-electron chi connectivity index (χ0n) is 11.5. The molecule has 5 nitrogen and oxygen atoms in total. The second-order valence-electron chi connectivity index (χ2n) is 6.04. The third-order valence-corrected chi connectivity index (χ3v) is 4.35. The molecule has 5 heteroatoms. The topological polar surface area (TPSA) is 78.4 Å². The van der Waals surface area contributed by atoms with Crippen molar-refractivity contribution < 1.29 is 14.7 Å². The molecule has 1 saturated carbocycles. The Morgan fingerprint density at radius 3 is 2.68 bits per heavy atom. The molecule has 2 fully saturated rings. The lowest BCUT2D eigenvalue weighted by Gasteiger charge is -2.31. The SMILES string of the molecule is CC1CCNC(C(=O)NC2CCCC(C(=O)O)C2)C1. The minimum Gasteiger partial charge on any atom is -0.481 e. The number of carboxylic acid groups (broad SMARTS) is 1. The molecule has 19 heavy (non-hydrogen) atoms. The van der Waals surface area contributed by atoms with Crippen molar-refractivity contribution in [2.45, 2.75) is 57.5 Å². The molecule has 0 radical (unpaired) electrons. The Bertz CT molecular complexity index is 346. The minimum atomic E-state index is -0.733. The largest absolute Gasteiger partial charge is 0.481 e.